The number of nitrogens with zero attached hydrogens (tertiary/aromatic N) is 2. The number of aryl methyl sites for hydroxylation is 1. The summed E-state index contributed by atoms with van der Waals surface area (Å²) in [4.78, 5) is 17.9. The number of ether oxygens (including phenoxy) is 2. The second-order valence-corrected chi connectivity index (χ2v) is 11.2. The van der Waals surface area contributed by atoms with Crippen LogP contribution in [0.1, 0.15) is 80.2 Å². The molecule has 1 saturated carbocycles. The van der Waals surface area contributed by atoms with Crippen molar-refractivity contribution in [2.45, 2.75) is 76.1 Å². The van der Waals surface area contributed by atoms with Gasteiger partial charge in [-0.2, -0.15) is 13.2 Å². The van der Waals surface area contributed by atoms with Crippen LogP contribution in [0.4, 0.5) is 13.2 Å². The number of alkyl halides is 3. The molecule has 1 N–H and O–H groups in total. The second-order valence-electron chi connectivity index (χ2n) is 11.2. The minimum Gasteiger partial charge on any atom is -0.487 e. The van der Waals surface area contributed by atoms with Gasteiger partial charge in [-0.15, -0.1) is 0 Å². The molecule has 206 valence electrons. The SMILES string of the molecule is COc1ncc(C(F)(F)F)cc1C(C)N1CCC2(CCc3ccc([C@H](C4CC4)[C@H](C)C(=O)O)cc3O2)CC1. The topological polar surface area (TPSA) is 71.9 Å². The van der Waals surface area contributed by atoms with Crippen molar-refractivity contribution in [3.63, 3.8) is 0 Å². The van der Waals surface area contributed by atoms with E-state index in [9.17, 15) is 23.1 Å². The van der Waals surface area contributed by atoms with Crippen LogP contribution in [0.15, 0.2) is 30.5 Å². The molecule has 1 aromatic heterocycles. The van der Waals surface area contributed by atoms with Crippen LogP contribution in [0.2, 0.25) is 0 Å². The molecule has 1 aromatic carbocycles. The molecule has 9 heteroatoms. The van der Waals surface area contributed by atoms with Gasteiger partial charge in [0.1, 0.15) is 11.4 Å². The lowest BCUT2D eigenvalue weighted by atomic mass is 9.80. The van der Waals surface area contributed by atoms with Crippen molar-refractivity contribution in [2.24, 2.45) is 11.8 Å². The summed E-state index contributed by atoms with van der Waals surface area (Å²) in [5, 5.41) is 9.66. The lowest BCUT2D eigenvalue weighted by molar-refractivity contribution is -0.142. The van der Waals surface area contributed by atoms with Gasteiger partial charge >= 0.3 is 12.1 Å². The largest absolute Gasteiger partial charge is 0.487 e. The minimum absolute atomic E-state index is 0.0157. The number of likely N-dealkylation sites (tertiary alicyclic amines) is 1. The number of halogens is 3. The number of rotatable bonds is 7. The number of fused-ring (bicyclic) bond motifs is 1. The zero-order chi connectivity index (χ0) is 27.2. The summed E-state index contributed by atoms with van der Waals surface area (Å²) in [6.07, 6.45) is 1.75. The first-order valence-electron chi connectivity index (χ1n) is 13.4. The molecule has 2 aromatic rings. The molecule has 1 aliphatic carbocycles. The molecule has 38 heavy (non-hydrogen) atoms. The third kappa shape index (κ3) is 5.22. The van der Waals surface area contributed by atoms with Gasteiger partial charge in [0, 0.05) is 30.9 Å². The van der Waals surface area contributed by atoms with Crippen molar-refractivity contribution in [1.82, 2.24) is 9.88 Å². The van der Waals surface area contributed by atoms with Crippen LogP contribution in [-0.2, 0) is 17.4 Å². The van der Waals surface area contributed by atoms with Gasteiger partial charge < -0.3 is 14.6 Å². The zero-order valence-electron chi connectivity index (χ0n) is 22.1. The van der Waals surface area contributed by atoms with Gasteiger partial charge in [-0.3, -0.25) is 9.69 Å². The van der Waals surface area contributed by atoms with E-state index in [1.807, 2.05) is 6.92 Å². The highest BCUT2D eigenvalue weighted by Crippen LogP contribution is 2.49. The smallest absolute Gasteiger partial charge is 0.417 e. The van der Waals surface area contributed by atoms with Crippen molar-refractivity contribution in [1.29, 1.82) is 0 Å². The van der Waals surface area contributed by atoms with Crippen LogP contribution in [0.25, 0.3) is 0 Å². The van der Waals surface area contributed by atoms with Gasteiger partial charge in [-0.25, -0.2) is 4.98 Å². The number of aliphatic carboxylic acids is 1. The molecule has 1 saturated heterocycles. The van der Waals surface area contributed by atoms with E-state index in [0.29, 0.717) is 24.6 Å². The molecule has 1 spiro atoms. The monoisotopic (exact) mass is 532 g/mol. The fraction of sp³-hybridized carbons (Fsp3) is 0.586. The van der Waals surface area contributed by atoms with Gasteiger partial charge in [0.25, 0.3) is 0 Å². The first-order chi connectivity index (χ1) is 18.0. The number of pyridine rings is 1. The standard InChI is InChI=1S/C29H35F3N2O4/c1-17(27(35)36)25(20-5-6-20)21-7-4-19-8-9-28(38-24(19)14-21)10-12-34(13-11-28)18(2)23-15-22(29(30,31)32)16-33-26(23)37-3/h4,7,14-18,20,25H,5-6,8-13H2,1-3H3,(H,35,36)/t17-,18?,25-/m0/s1. The summed E-state index contributed by atoms with van der Waals surface area (Å²) in [7, 11) is 1.42. The van der Waals surface area contributed by atoms with Crippen molar-refractivity contribution in [3.8, 4) is 11.6 Å². The predicted octanol–water partition coefficient (Wildman–Crippen LogP) is 6.24. The summed E-state index contributed by atoms with van der Waals surface area (Å²) in [6.45, 7) is 5.04. The van der Waals surface area contributed by atoms with E-state index in [-0.39, 0.29) is 23.4 Å². The third-order valence-corrected chi connectivity index (χ3v) is 8.82. The maximum atomic E-state index is 13.3. The average Bonchev–Trinajstić information content (AvgIpc) is 3.73. The number of hydrogen-bond donors (Lipinski definition) is 1. The highest BCUT2D eigenvalue weighted by Gasteiger charge is 2.43. The number of piperidine rings is 1. The Labute approximate surface area is 221 Å². The quantitative estimate of drug-likeness (QED) is 0.455. The molecule has 3 aliphatic rings. The normalized spacial score (nSPS) is 21.7. The maximum Gasteiger partial charge on any atom is 0.417 e. The molecule has 3 heterocycles. The van der Waals surface area contributed by atoms with Gasteiger partial charge in [-0.05, 0) is 80.5 Å². The lowest BCUT2D eigenvalue weighted by Gasteiger charge is -2.46. The molecule has 0 radical (unpaired) electrons. The number of aromatic nitrogens is 1. The fourth-order valence-corrected chi connectivity index (χ4v) is 6.27. The van der Waals surface area contributed by atoms with E-state index >= 15 is 0 Å². The van der Waals surface area contributed by atoms with Crippen molar-refractivity contribution in [2.75, 3.05) is 20.2 Å². The maximum absolute atomic E-state index is 13.3. The number of benzene rings is 1. The molecule has 5 rings (SSSR count). The van der Waals surface area contributed by atoms with E-state index in [1.54, 1.807) is 6.92 Å². The summed E-state index contributed by atoms with van der Waals surface area (Å²) in [6, 6.07) is 7.07. The van der Waals surface area contributed by atoms with Gasteiger partial charge in [0.15, 0.2) is 0 Å². The van der Waals surface area contributed by atoms with E-state index in [2.05, 4.69) is 28.1 Å². The fourth-order valence-electron chi connectivity index (χ4n) is 6.27. The molecule has 1 unspecified atom stereocenters. The lowest BCUT2D eigenvalue weighted by Crippen LogP contribution is -2.50. The first kappa shape index (κ1) is 26.8. The molecule has 2 aliphatic heterocycles. The van der Waals surface area contributed by atoms with Gasteiger partial charge in [0.05, 0.1) is 18.6 Å². The summed E-state index contributed by atoms with van der Waals surface area (Å²) in [5.41, 5.74) is 1.50. The Hall–Kier alpha value is -2.81. The van der Waals surface area contributed by atoms with Crippen LogP contribution < -0.4 is 9.47 Å². The average molecular weight is 533 g/mol. The molecule has 3 atom stereocenters. The number of hydrogen-bond acceptors (Lipinski definition) is 5. The van der Waals surface area contributed by atoms with Crippen molar-refractivity contribution < 1.29 is 32.5 Å². The Morgan fingerprint density at radius 1 is 1.18 bits per heavy atom. The van der Waals surface area contributed by atoms with Crippen LogP contribution in [0.5, 0.6) is 11.6 Å². The number of carboxylic acid groups (broad SMARTS) is 1. The molecule has 6 nitrogen and oxygen atoms in total. The highest BCUT2D eigenvalue weighted by atomic mass is 19.4. The van der Waals surface area contributed by atoms with Crippen LogP contribution in [0.3, 0.4) is 0 Å². The zero-order valence-corrected chi connectivity index (χ0v) is 22.1. The van der Waals surface area contributed by atoms with Gasteiger partial charge in [0.2, 0.25) is 5.88 Å². The van der Waals surface area contributed by atoms with Crippen molar-refractivity contribution >= 4 is 5.97 Å². The van der Waals surface area contributed by atoms with E-state index in [1.165, 1.54) is 7.11 Å². The van der Waals surface area contributed by atoms with E-state index < -0.39 is 23.6 Å². The second kappa shape index (κ2) is 10.1. The highest BCUT2D eigenvalue weighted by molar-refractivity contribution is 5.71. The number of methoxy groups -OCH3 is 1. The number of carbonyl (C=O) groups is 1. The Balaban J connectivity index is 1.31. The summed E-state index contributed by atoms with van der Waals surface area (Å²) in [5.74, 6) is 0.224. The van der Waals surface area contributed by atoms with Gasteiger partial charge in [-0.1, -0.05) is 19.1 Å². The first-order valence-corrected chi connectivity index (χ1v) is 13.4. The molecule has 0 amide bonds. The third-order valence-electron chi connectivity index (χ3n) is 8.82. The summed E-state index contributed by atoms with van der Waals surface area (Å²) >= 11 is 0. The Bertz CT molecular complexity index is 1190. The predicted molar refractivity (Wildman–Crippen MR) is 135 cm³/mol. The van der Waals surface area contributed by atoms with E-state index in [0.717, 1.165) is 67.7 Å². The summed E-state index contributed by atoms with van der Waals surface area (Å²) < 4.78 is 52.0. The Kier molecular flexibility index (Phi) is 7.09. The van der Waals surface area contributed by atoms with Crippen LogP contribution in [-0.4, -0.2) is 46.8 Å². The van der Waals surface area contributed by atoms with Crippen LogP contribution in [0, 0.1) is 11.8 Å². The van der Waals surface area contributed by atoms with Crippen molar-refractivity contribution in [3.05, 3.63) is 52.7 Å². The molecule has 0 bridgehead atoms. The molecule has 2 fully saturated rings. The number of carboxylic acids is 1. The Morgan fingerprint density at radius 2 is 1.89 bits per heavy atom. The Morgan fingerprint density at radius 3 is 2.50 bits per heavy atom. The van der Waals surface area contributed by atoms with Crippen LogP contribution >= 0.6 is 0 Å². The molecular weight excluding hydrogens is 497 g/mol. The minimum atomic E-state index is -4.47. The van der Waals surface area contributed by atoms with E-state index in [4.69, 9.17) is 9.47 Å². The molecular formula is C29H35F3N2O4.